The van der Waals surface area contributed by atoms with Gasteiger partial charge in [0.25, 0.3) is 0 Å². The molecular weight excluding hydrogens is 554 g/mol. The number of rotatable bonds is 9. The quantitative estimate of drug-likeness (QED) is 0.381. The summed E-state index contributed by atoms with van der Waals surface area (Å²) in [5, 5.41) is 17.9. The lowest BCUT2D eigenvalue weighted by molar-refractivity contribution is -0.123. The molecule has 1 aliphatic rings. The van der Waals surface area contributed by atoms with Crippen LogP contribution in [0.2, 0.25) is 5.02 Å². The normalized spacial score (nSPS) is 16.2. The minimum absolute atomic E-state index is 0.0143. The molecule has 2 N–H and O–H groups in total. The maximum Gasteiger partial charge on any atom is 0.249 e. The molecule has 1 atom stereocenters. The van der Waals surface area contributed by atoms with Crippen LogP contribution in [0, 0.1) is 6.92 Å². The Kier molecular flexibility index (Phi) is 8.53. The van der Waals surface area contributed by atoms with E-state index in [1.165, 1.54) is 6.07 Å². The van der Waals surface area contributed by atoms with Crippen LogP contribution >= 0.6 is 23.4 Å². The van der Waals surface area contributed by atoms with E-state index in [2.05, 4.69) is 15.5 Å². The topological polar surface area (TPSA) is 153 Å². The molecule has 3 heterocycles. The third kappa shape index (κ3) is 6.78. The van der Waals surface area contributed by atoms with Gasteiger partial charge in [-0.2, -0.15) is 16.7 Å². The fourth-order valence-corrected chi connectivity index (χ4v) is 6.51. The standard InChI is InChI=1S/C25H28ClN3O7S2/c1-15-13-19(30)21(32)22(35-15)25(8-10-37-11-9-25)14-20(31)27-18(7-12-38(2,33)34)24-28-23(29-36-24)16-3-5-17(26)6-4-16/h3-6,13,18,32H,7-12,14H2,1-2H3,(H,27,31). The Labute approximate surface area is 229 Å². The second-order valence-electron chi connectivity index (χ2n) is 9.47. The molecule has 1 aromatic carbocycles. The SMILES string of the molecule is Cc1cc(=O)c(O)c(C2(CC(=O)NC(CCS(C)(=O)=O)c3nc(-c4ccc(Cl)cc4)no3)CCSCC2)o1. The Morgan fingerprint density at radius 3 is 2.61 bits per heavy atom. The zero-order valence-corrected chi connectivity index (χ0v) is 23.3. The first-order valence-corrected chi connectivity index (χ1v) is 15.5. The predicted octanol–water partition coefficient (Wildman–Crippen LogP) is 3.80. The first-order chi connectivity index (χ1) is 18.0. The molecule has 3 aromatic rings. The van der Waals surface area contributed by atoms with Gasteiger partial charge in [0.05, 0.1) is 5.75 Å². The molecule has 1 unspecified atom stereocenters. The summed E-state index contributed by atoms with van der Waals surface area (Å²) in [6, 6.07) is 7.12. The van der Waals surface area contributed by atoms with Crippen LogP contribution in [-0.2, 0) is 20.0 Å². The summed E-state index contributed by atoms with van der Waals surface area (Å²) in [7, 11) is -3.35. The van der Waals surface area contributed by atoms with Gasteiger partial charge >= 0.3 is 0 Å². The van der Waals surface area contributed by atoms with Crippen molar-refractivity contribution in [1.29, 1.82) is 0 Å². The molecule has 4 rings (SSSR count). The number of carbonyl (C=O) groups excluding carboxylic acids is 1. The van der Waals surface area contributed by atoms with Crippen LogP contribution < -0.4 is 10.7 Å². The van der Waals surface area contributed by atoms with Crippen LogP contribution in [0.3, 0.4) is 0 Å². The van der Waals surface area contributed by atoms with Gasteiger partial charge in [0.2, 0.25) is 28.8 Å². The number of nitrogens with one attached hydrogen (secondary N) is 1. The van der Waals surface area contributed by atoms with E-state index in [1.54, 1.807) is 43.0 Å². The predicted molar refractivity (Wildman–Crippen MR) is 144 cm³/mol. The molecule has 13 heteroatoms. The third-order valence-electron chi connectivity index (χ3n) is 6.43. The maximum atomic E-state index is 13.4. The molecule has 0 radical (unpaired) electrons. The van der Waals surface area contributed by atoms with Crippen molar-refractivity contribution in [2.45, 2.75) is 44.1 Å². The number of aryl methyl sites for hydroxylation is 1. The number of nitrogens with zero attached hydrogens (tertiary/aromatic N) is 2. The van der Waals surface area contributed by atoms with E-state index in [1.807, 2.05) is 0 Å². The molecule has 2 aromatic heterocycles. The Hall–Kier alpha value is -2.83. The first kappa shape index (κ1) is 28.2. The van der Waals surface area contributed by atoms with Crippen molar-refractivity contribution in [1.82, 2.24) is 15.5 Å². The second-order valence-corrected chi connectivity index (χ2v) is 13.4. The van der Waals surface area contributed by atoms with E-state index in [9.17, 15) is 23.1 Å². The number of carbonyl (C=O) groups is 1. The second kappa shape index (κ2) is 11.5. The van der Waals surface area contributed by atoms with Crippen LogP contribution in [0.5, 0.6) is 5.75 Å². The van der Waals surface area contributed by atoms with E-state index >= 15 is 0 Å². The summed E-state index contributed by atoms with van der Waals surface area (Å²) >= 11 is 7.66. The lowest BCUT2D eigenvalue weighted by Gasteiger charge is -2.36. The van der Waals surface area contributed by atoms with Gasteiger partial charge < -0.3 is 19.4 Å². The van der Waals surface area contributed by atoms with Gasteiger partial charge in [-0.15, -0.1) is 0 Å². The monoisotopic (exact) mass is 581 g/mol. The Bertz CT molecular complexity index is 1460. The van der Waals surface area contributed by atoms with Crippen LogP contribution in [0.1, 0.15) is 49.1 Å². The summed E-state index contributed by atoms with van der Waals surface area (Å²) in [5.41, 5.74) is -0.815. The molecule has 1 saturated heterocycles. The number of aromatic hydroxyl groups is 1. The lowest BCUT2D eigenvalue weighted by Crippen LogP contribution is -2.40. The lowest BCUT2D eigenvalue weighted by atomic mass is 9.75. The highest BCUT2D eigenvalue weighted by molar-refractivity contribution is 7.99. The number of aromatic nitrogens is 2. The average molecular weight is 582 g/mol. The first-order valence-electron chi connectivity index (χ1n) is 11.9. The van der Waals surface area contributed by atoms with Gasteiger partial charge in [0, 0.05) is 34.7 Å². The Morgan fingerprint density at radius 1 is 1.26 bits per heavy atom. The number of sulfone groups is 1. The number of hydrogen-bond acceptors (Lipinski definition) is 10. The fraction of sp³-hybridized carbons (Fsp3) is 0.440. The van der Waals surface area contributed by atoms with Gasteiger partial charge in [-0.05, 0) is 62.0 Å². The van der Waals surface area contributed by atoms with E-state index in [4.69, 9.17) is 20.5 Å². The van der Waals surface area contributed by atoms with E-state index < -0.39 is 38.4 Å². The van der Waals surface area contributed by atoms with E-state index in [0.717, 1.165) is 17.8 Å². The van der Waals surface area contributed by atoms with Crippen LogP contribution in [0.25, 0.3) is 11.4 Å². The number of hydrogen-bond donors (Lipinski definition) is 2. The van der Waals surface area contributed by atoms with Crippen molar-refractivity contribution in [2.24, 2.45) is 0 Å². The summed E-state index contributed by atoms with van der Waals surface area (Å²) in [6.07, 6.45) is 2.07. The van der Waals surface area contributed by atoms with Crippen molar-refractivity contribution in [3.05, 3.63) is 63.0 Å². The molecule has 204 valence electrons. The van der Waals surface area contributed by atoms with Crippen LogP contribution in [-0.4, -0.2) is 53.1 Å². The highest BCUT2D eigenvalue weighted by Gasteiger charge is 2.42. The maximum absolute atomic E-state index is 13.4. The minimum Gasteiger partial charge on any atom is -0.502 e. The summed E-state index contributed by atoms with van der Waals surface area (Å²) in [4.78, 5) is 30.1. The molecule has 38 heavy (non-hydrogen) atoms. The Balaban J connectivity index is 1.61. The van der Waals surface area contributed by atoms with Gasteiger partial charge in [-0.1, -0.05) is 16.8 Å². The highest BCUT2D eigenvalue weighted by atomic mass is 35.5. The molecule has 0 bridgehead atoms. The summed E-state index contributed by atoms with van der Waals surface area (Å²) < 4.78 is 35.0. The van der Waals surface area contributed by atoms with Gasteiger partial charge in [0.1, 0.15) is 21.6 Å². The van der Waals surface area contributed by atoms with Crippen molar-refractivity contribution < 1.29 is 27.3 Å². The van der Waals surface area contributed by atoms with Crippen LogP contribution in [0.15, 0.2) is 44.1 Å². The van der Waals surface area contributed by atoms with E-state index in [0.29, 0.717) is 29.2 Å². The number of thioether (sulfide) groups is 1. The average Bonchev–Trinajstić information content (AvgIpc) is 3.34. The molecule has 0 saturated carbocycles. The van der Waals surface area contributed by atoms with Gasteiger partial charge in [-0.25, -0.2) is 8.42 Å². The summed E-state index contributed by atoms with van der Waals surface area (Å²) in [6.45, 7) is 1.62. The largest absolute Gasteiger partial charge is 0.502 e. The van der Waals surface area contributed by atoms with E-state index in [-0.39, 0.29) is 36.1 Å². The number of halogens is 1. The smallest absolute Gasteiger partial charge is 0.249 e. The third-order valence-corrected chi connectivity index (χ3v) is 8.65. The zero-order valence-electron chi connectivity index (χ0n) is 20.9. The van der Waals surface area contributed by atoms with Crippen molar-refractivity contribution in [2.75, 3.05) is 23.5 Å². The minimum atomic E-state index is -3.35. The molecule has 0 spiro atoms. The van der Waals surface area contributed by atoms with Crippen LogP contribution in [0.4, 0.5) is 0 Å². The highest BCUT2D eigenvalue weighted by Crippen LogP contribution is 2.44. The van der Waals surface area contributed by atoms with Gasteiger partial charge in [-0.3, -0.25) is 9.59 Å². The Morgan fingerprint density at radius 2 is 1.95 bits per heavy atom. The van der Waals surface area contributed by atoms with Gasteiger partial charge in [0.15, 0.2) is 5.76 Å². The zero-order chi connectivity index (χ0) is 27.5. The van der Waals surface area contributed by atoms with Crippen molar-refractivity contribution in [3.63, 3.8) is 0 Å². The molecular formula is C25H28ClN3O7S2. The molecule has 10 nitrogen and oxygen atoms in total. The summed E-state index contributed by atoms with van der Waals surface area (Å²) in [5.74, 6) is 1.07. The van der Waals surface area contributed by atoms with Crippen molar-refractivity contribution >= 4 is 39.1 Å². The number of benzene rings is 1. The number of amides is 1. The molecule has 1 aliphatic heterocycles. The van der Waals surface area contributed by atoms with Crippen molar-refractivity contribution in [3.8, 4) is 17.1 Å². The molecule has 1 amide bonds. The fourth-order valence-electron chi connectivity index (χ4n) is 4.44. The molecule has 1 fully saturated rings. The molecule has 0 aliphatic carbocycles.